The molecule has 0 aliphatic carbocycles. The molecule has 0 spiro atoms. The number of aryl methyl sites for hydroxylation is 1. The summed E-state index contributed by atoms with van der Waals surface area (Å²) < 4.78 is 7.07. The fraction of sp³-hybridized carbons (Fsp3) is 0.0667. The van der Waals surface area contributed by atoms with Gasteiger partial charge in [-0.1, -0.05) is 24.3 Å². The second kappa shape index (κ2) is 3.45. The first-order chi connectivity index (χ1) is 9.22. The van der Waals surface area contributed by atoms with Crippen molar-refractivity contribution >= 4 is 27.5 Å². The molecule has 2 aromatic heterocycles. The Kier molecular flexibility index (Phi) is 1.87. The van der Waals surface area contributed by atoms with Gasteiger partial charge in [-0.25, -0.2) is 0 Å². The number of aromatic nitrogens is 2. The van der Waals surface area contributed by atoms with Gasteiger partial charge in [-0.05, 0) is 29.8 Å². The summed E-state index contributed by atoms with van der Waals surface area (Å²) in [6.45, 7) is 1.84. The van der Waals surface area contributed by atoms with E-state index in [0.717, 1.165) is 16.5 Å². The minimum Gasteiger partial charge on any atom is -0.438 e. The maximum atomic E-state index is 12.4. The third-order valence-corrected chi connectivity index (χ3v) is 3.28. The van der Waals surface area contributed by atoms with Gasteiger partial charge in [-0.3, -0.25) is 4.79 Å². The smallest absolute Gasteiger partial charge is 0.285 e. The number of nitrogens with zero attached hydrogens (tertiary/aromatic N) is 2. The molecular weight excluding hydrogens is 240 g/mol. The summed E-state index contributed by atoms with van der Waals surface area (Å²) >= 11 is 0. The fourth-order valence-corrected chi connectivity index (χ4v) is 2.39. The Morgan fingerprint density at radius 1 is 1.11 bits per heavy atom. The molecule has 0 N–H and O–H groups in total. The summed E-state index contributed by atoms with van der Waals surface area (Å²) in [4.78, 5) is 12.4. The van der Waals surface area contributed by atoms with Crippen molar-refractivity contribution in [3.05, 3.63) is 58.5 Å². The van der Waals surface area contributed by atoms with Gasteiger partial charge in [-0.15, -0.1) is 0 Å². The lowest BCUT2D eigenvalue weighted by atomic mass is 10.1. The molecule has 0 amide bonds. The molecule has 0 saturated carbocycles. The van der Waals surface area contributed by atoms with Crippen molar-refractivity contribution in [2.45, 2.75) is 6.92 Å². The van der Waals surface area contributed by atoms with Crippen molar-refractivity contribution in [3.63, 3.8) is 0 Å². The molecule has 0 bridgehead atoms. The zero-order chi connectivity index (χ0) is 13.0. The van der Waals surface area contributed by atoms with Crippen LogP contribution in [0.3, 0.4) is 0 Å². The Hall–Kier alpha value is -2.62. The summed E-state index contributed by atoms with van der Waals surface area (Å²) in [5.74, 6) is 0. The highest BCUT2D eigenvalue weighted by atomic mass is 16.3. The molecule has 0 saturated heterocycles. The normalized spacial score (nSPS) is 11.6. The largest absolute Gasteiger partial charge is 0.438 e. The zero-order valence-electron chi connectivity index (χ0n) is 10.3. The summed E-state index contributed by atoms with van der Waals surface area (Å²) in [5.41, 5.74) is 1.69. The number of hydrogen-bond donors (Lipinski definition) is 0. The number of hydrogen-bond acceptors (Lipinski definition) is 3. The van der Waals surface area contributed by atoms with Crippen LogP contribution in [0.2, 0.25) is 0 Å². The number of fused-ring (bicyclic) bond motifs is 3. The van der Waals surface area contributed by atoms with E-state index >= 15 is 0 Å². The Bertz CT molecular complexity index is 995. The van der Waals surface area contributed by atoms with Crippen LogP contribution in [0.4, 0.5) is 0 Å². The van der Waals surface area contributed by atoms with Gasteiger partial charge in [0, 0.05) is 6.07 Å². The Labute approximate surface area is 107 Å². The Morgan fingerprint density at radius 2 is 1.84 bits per heavy atom. The van der Waals surface area contributed by atoms with Gasteiger partial charge in [0.25, 0.3) is 5.56 Å². The molecule has 0 radical (unpaired) electrons. The Morgan fingerprint density at radius 3 is 2.63 bits per heavy atom. The van der Waals surface area contributed by atoms with Crippen LogP contribution in [0.15, 0.2) is 51.7 Å². The number of rotatable bonds is 0. The van der Waals surface area contributed by atoms with Crippen molar-refractivity contribution in [3.8, 4) is 0 Å². The highest BCUT2D eigenvalue weighted by molar-refractivity contribution is 5.95. The lowest BCUT2D eigenvalue weighted by Gasteiger charge is -2.01. The van der Waals surface area contributed by atoms with Crippen molar-refractivity contribution in [1.82, 2.24) is 9.61 Å². The lowest BCUT2D eigenvalue weighted by molar-refractivity contribution is 0.616. The van der Waals surface area contributed by atoms with E-state index in [4.69, 9.17) is 4.42 Å². The fourth-order valence-electron chi connectivity index (χ4n) is 2.39. The highest BCUT2D eigenvalue weighted by Crippen LogP contribution is 2.21. The second-order valence-electron chi connectivity index (χ2n) is 4.64. The van der Waals surface area contributed by atoms with E-state index in [2.05, 4.69) is 5.10 Å². The third-order valence-electron chi connectivity index (χ3n) is 3.28. The van der Waals surface area contributed by atoms with Crippen LogP contribution in [0.1, 0.15) is 5.69 Å². The first-order valence-corrected chi connectivity index (χ1v) is 6.04. The molecule has 2 aromatic carbocycles. The van der Waals surface area contributed by atoms with E-state index in [1.54, 1.807) is 6.07 Å². The molecule has 4 heteroatoms. The van der Waals surface area contributed by atoms with E-state index in [1.807, 2.05) is 43.3 Å². The lowest BCUT2D eigenvalue weighted by Crippen LogP contribution is -2.13. The van der Waals surface area contributed by atoms with Crippen LogP contribution in [-0.2, 0) is 0 Å². The van der Waals surface area contributed by atoms with Crippen LogP contribution in [0, 0.1) is 6.92 Å². The molecule has 4 nitrogen and oxygen atoms in total. The van der Waals surface area contributed by atoms with E-state index in [-0.39, 0.29) is 5.56 Å². The van der Waals surface area contributed by atoms with Crippen LogP contribution >= 0.6 is 0 Å². The minimum absolute atomic E-state index is 0.143. The summed E-state index contributed by atoms with van der Waals surface area (Å²) in [6, 6.07) is 13.4. The maximum absolute atomic E-state index is 12.4. The van der Waals surface area contributed by atoms with Crippen LogP contribution in [-0.4, -0.2) is 9.61 Å². The summed E-state index contributed by atoms with van der Waals surface area (Å²) in [7, 11) is 0. The molecule has 4 rings (SSSR count). The first kappa shape index (κ1) is 10.3. The minimum atomic E-state index is -0.143. The van der Waals surface area contributed by atoms with E-state index in [0.29, 0.717) is 16.7 Å². The Balaban J connectivity index is 2.28. The zero-order valence-corrected chi connectivity index (χ0v) is 10.3. The predicted molar refractivity (Wildman–Crippen MR) is 73.5 cm³/mol. The van der Waals surface area contributed by atoms with Gasteiger partial charge in [0.15, 0.2) is 0 Å². The summed E-state index contributed by atoms with van der Waals surface area (Å²) in [6.07, 6.45) is 0. The maximum Gasteiger partial charge on any atom is 0.285 e. The molecule has 0 aliphatic heterocycles. The van der Waals surface area contributed by atoms with Gasteiger partial charge < -0.3 is 4.42 Å². The average molecular weight is 250 g/mol. The van der Waals surface area contributed by atoms with Crippen LogP contribution in [0.25, 0.3) is 27.5 Å². The van der Waals surface area contributed by atoms with Crippen molar-refractivity contribution in [2.75, 3.05) is 0 Å². The van der Waals surface area contributed by atoms with Gasteiger partial charge in [0.2, 0.25) is 5.71 Å². The highest BCUT2D eigenvalue weighted by Gasteiger charge is 2.10. The SMILES string of the molecule is Cc1cc2oc3cc4ccccc4cc3c(=O)n2n1. The molecule has 0 atom stereocenters. The van der Waals surface area contributed by atoms with Gasteiger partial charge >= 0.3 is 0 Å². The van der Waals surface area contributed by atoms with Crippen molar-refractivity contribution < 1.29 is 4.42 Å². The molecule has 0 unspecified atom stereocenters. The summed E-state index contributed by atoms with van der Waals surface area (Å²) in [5, 5.41) is 6.78. The molecule has 19 heavy (non-hydrogen) atoms. The van der Waals surface area contributed by atoms with Gasteiger partial charge in [0.05, 0.1) is 11.1 Å². The molecule has 92 valence electrons. The first-order valence-electron chi connectivity index (χ1n) is 6.04. The van der Waals surface area contributed by atoms with E-state index in [1.165, 1.54) is 4.52 Å². The molecule has 2 heterocycles. The second-order valence-corrected chi connectivity index (χ2v) is 4.64. The standard InChI is InChI=1S/C15H10N2O2/c1-9-6-14-17(16-9)15(18)12-7-10-4-2-3-5-11(10)8-13(12)19-14/h2-8H,1H3. The monoisotopic (exact) mass is 250 g/mol. The van der Waals surface area contributed by atoms with Crippen LogP contribution in [0.5, 0.6) is 0 Å². The topological polar surface area (TPSA) is 47.5 Å². The van der Waals surface area contributed by atoms with Crippen molar-refractivity contribution in [2.24, 2.45) is 0 Å². The van der Waals surface area contributed by atoms with E-state index in [9.17, 15) is 4.79 Å². The van der Waals surface area contributed by atoms with Crippen molar-refractivity contribution in [1.29, 1.82) is 0 Å². The predicted octanol–water partition coefficient (Wildman–Crippen LogP) is 2.90. The molecule has 0 fully saturated rings. The van der Waals surface area contributed by atoms with Gasteiger partial charge in [-0.2, -0.15) is 9.61 Å². The number of benzene rings is 2. The molecule has 0 aliphatic rings. The van der Waals surface area contributed by atoms with Crippen LogP contribution < -0.4 is 5.56 Å². The molecular formula is C15H10N2O2. The third kappa shape index (κ3) is 1.40. The van der Waals surface area contributed by atoms with E-state index < -0.39 is 0 Å². The quantitative estimate of drug-likeness (QED) is 0.451. The average Bonchev–Trinajstić information content (AvgIpc) is 2.78. The van der Waals surface area contributed by atoms with Gasteiger partial charge in [0.1, 0.15) is 5.58 Å². The molecule has 4 aromatic rings.